The Morgan fingerprint density at radius 3 is 2.24 bits per heavy atom. The summed E-state index contributed by atoms with van der Waals surface area (Å²) in [4.78, 5) is 24.0. The zero-order valence-corrected chi connectivity index (χ0v) is 14.3. The smallest absolute Gasteiger partial charge is 0.254 e. The number of amides is 2. The van der Waals surface area contributed by atoms with Crippen molar-refractivity contribution in [3.63, 3.8) is 0 Å². The molecular formula is C17H24F2N2O4. The molecule has 0 aliphatic heterocycles. The average molecular weight is 358 g/mol. The van der Waals surface area contributed by atoms with Crippen LogP contribution in [0.5, 0.6) is 0 Å². The monoisotopic (exact) mass is 358 g/mol. The summed E-state index contributed by atoms with van der Waals surface area (Å²) >= 11 is 0. The molecule has 4 N–H and O–H groups in total. The standard InChI is InChI=1S/C17H24F2N2O4/c1-3-4-5-14(9-22)21-16(24)10(2)20-17(25)15(23)11-6-12(18)8-13(19)7-11/h6-8,10,14-15,22-23H,3-5,9H2,1-2H3,(H,20,25)(H,21,24)/t10-,14+,15-/m0/s1. The molecule has 6 nitrogen and oxygen atoms in total. The SMILES string of the molecule is CCCC[C@H](CO)NC(=O)[C@H](C)NC(=O)[C@@H](O)c1cc(F)cc(F)c1. The van der Waals surface area contributed by atoms with Crippen molar-refractivity contribution in [3.8, 4) is 0 Å². The Bertz CT molecular complexity index is 578. The van der Waals surface area contributed by atoms with Crippen LogP contribution >= 0.6 is 0 Å². The summed E-state index contributed by atoms with van der Waals surface area (Å²) in [7, 11) is 0. The van der Waals surface area contributed by atoms with Crippen LogP contribution < -0.4 is 10.6 Å². The predicted octanol–water partition coefficient (Wildman–Crippen LogP) is 1.17. The van der Waals surface area contributed by atoms with Gasteiger partial charge in [0, 0.05) is 6.07 Å². The molecule has 1 rings (SSSR count). The molecule has 0 radical (unpaired) electrons. The number of aliphatic hydroxyl groups is 2. The Hall–Kier alpha value is -2.06. The van der Waals surface area contributed by atoms with E-state index in [0.29, 0.717) is 12.5 Å². The Balaban J connectivity index is 2.63. The number of hydrogen-bond donors (Lipinski definition) is 4. The topological polar surface area (TPSA) is 98.7 Å². The van der Waals surface area contributed by atoms with Crippen LogP contribution in [0.4, 0.5) is 8.78 Å². The van der Waals surface area contributed by atoms with Gasteiger partial charge >= 0.3 is 0 Å². The fourth-order valence-corrected chi connectivity index (χ4v) is 2.23. The number of unbranched alkanes of at least 4 members (excludes halogenated alkanes) is 1. The molecule has 0 unspecified atom stereocenters. The van der Waals surface area contributed by atoms with Crippen molar-refractivity contribution >= 4 is 11.8 Å². The third kappa shape index (κ3) is 6.75. The number of rotatable bonds is 9. The van der Waals surface area contributed by atoms with E-state index in [1.54, 1.807) is 0 Å². The molecule has 8 heteroatoms. The number of hydrogen-bond acceptors (Lipinski definition) is 4. The third-order valence-electron chi connectivity index (χ3n) is 3.67. The molecule has 3 atom stereocenters. The summed E-state index contributed by atoms with van der Waals surface area (Å²) in [5, 5.41) is 24.0. The van der Waals surface area contributed by atoms with Crippen LogP contribution in [0.2, 0.25) is 0 Å². The van der Waals surface area contributed by atoms with E-state index in [-0.39, 0.29) is 12.2 Å². The molecule has 1 aromatic carbocycles. The molecule has 0 bridgehead atoms. The van der Waals surface area contributed by atoms with Gasteiger partial charge in [0.05, 0.1) is 12.6 Å². The fourth-order valence-electron chi connectivity index (χ4n) is 2.23. The van der Waals surface area contributed by atoms with Crippen LogP contribution in [0.25, 0.3) is 0 Å². The molecule has 25 heavy (non-hydrogen) atoms. The largest absolute Gasteiger partial charge is 0.394 e. The first-order valence-corrected chi connectivity index (χ1v) is 8.14. The van der Waals surface area contributed by atoms with Gasteiger partial charge in [0.2, 0.25) is 5.91 Å². The number of carbonyl (C=O) groups excluding carboxylic acids is 2. The van der Waals surface area contributed by atoms with Crippen LogP contribution in [0.3, 0.4) is 0 Å². The number of halogens is 2. The minimum absolute atomic E-state index is 0.225. The molecule has 0 aromatic heterocycles. The van der Waals surface area contributed by atoms with Gasteiger partial charge in [-0.25, -0.2) is 8.78 Å². The van der Waals surface area contributed by atoms with Crippen molar-refractivity contribution in [2.24, 2.45) is 0 Å². The van der Waals surface area contributed by atoms with Crippen LogP contribution in [-0.4, -0.2) is 40.7 Å². The number of aliphatic hydroxyl groups excluding tert-OH is 2. The second-order valence-corrected chi connectivity index (χ2v) is 5.87. The van der Waals surface area contributed by atoms with E-state index in [1.165, 1.54) is 6.92 Å². The zero-order chi connectivity index (χ0) is 19.0. The first-order chi connectivity index (χ1) is 11.8. The summed E-state index contributed by atoms with van der Waals surface area (Å²) < 4.78 is 26.3. The molecule has 0 fully saturated rings. The maximum absolute atomic E-state index is 13.2. The van der Waals surface area contributed by atoms with Crippen molar-refractivity contribution in [2.75, 3.05) is 6.61 Å². The van der Waals surface area contributed by atoms with Gasteiger partial charge in [0.25, 0.3) is 5.91 Å². The molecule has 0 spiro atoms. The minimum Gasteiger partial charge on any atom is -0.394 e. The Kier molecular flexibility index (Phi) is 8.44. The van der Waals surface area contributed by atoms with E-state index in [0.717, 1.165) is 25.0 Å². The lowest BCUT2D eigenvalue weighted by atomic mass is 10.1. The van der Waals surface area contributed by atoms with E-state index in [1.807, 2.05) is 6.92 Å². The van der Waals surface area contributed by atoms with Gasteiger partial charge in [0.1, 0.15) is 17.7 Å². The van der Waals surface area contributed by atoms with Crippen LogP contribution in [0.1, 0.15) is 44.8 Å². The number of benzene rings is 1. The lowest BCUT2D eigenvalue weighted by molar-refractivity contribution is -0.134. The van der Waals surface area contributed by atoms with Gasteiger partial charge in [-0.15, -0.1) is 0 Å². The first-order valence-electron chi connectivity index (χ1n) is 8.14. The van der Waals surface area contributed by atoms with E-state index in [9.17, 15) is 28.6 Å². The molecule has 1 aromatic rings. The summed E-state index contributed by atoms with van der Waals surface area (Å²) in [6.07, 6.45) is 0.532. The highest BCUT2D eigenvalue weighted by molar-refractivity contribution is 5.89. The van der Waals surface area contributed by atoms with Crippen LogP contribution in [0, 0.1) is 11.6 Å². The first kappa shape index (κ1) is 21.0. The lowest BCUT2D eigenvalue weighted by Gasteiger charge is -2.21. The molecule has 0 aliphatic rings. The highest BCUT2D eigenvalue weighted by atomic mass is 19.1. The van der Waals surface area contributed by atoms with Gasteiger partial charge in [-0.1, -0.05) is 19.8 Å². The lowest BCUT2D eigenvalue weighted by Crippen LogP contribution is -2.50. The highest BCUT2D eigenvalue weighted by Crippen LogP contribution is 2.16. The maximum Gasteiger partial charge on any atom is 0.254 e. The quantitative estimate of drug-likeness (QED) is 0.533. The maximum atomic E-state index is 13.2. The third-order valence-corrected chi connectivity index (χ3v) is 3.67. The second-order valence-electron chi connectivity index (χ2n) is 5.87. The van der Waals surface area contributed by atoms with Gasteiger partial charge in [0.15, 0.2) is 6.10 Å². The van der Waals surface area contributed by atoms with E-state index in [4.69, 9.17) is 0 Å². The van der Waals surface area contributed by atoms with E-state index in [2.05, 4.69) is 10.6 Å². The molecular weight excluding hydrogens is 334 g/mol. The van der Waals surface area contributed by atoms with Crippen molar-refractivity contribution < 1.29 is 28.6 Å². The van der Waals surface area contributed by atoms with Crippen LogP contribution in [0.15, 0.2) is 18.2 Å². The summed E-state index contributed by atoms with van der Waals surface area (Å²) in [5.41, 5.74) is -0.251. The average Bonchev–Trinajstić information content (AvgIpc) is 2.56. The Morgan fingerprint density at radius 2 is 1.72 bits per heavy atom. The normalized spacial score (nSPS) is 14.5. The van der Waals surface area contributed by atoms with E-state index >= 15 is 0 Å². The highest BCUT2D eigenvalue weighted by Gasteiger charge is 2.24. The summed E-state index contributed by atoms with van der Waals surface area (Å²) in [5.74, 6) is -3.33. The summed E-state index contributed by atoms with van der Waals surface area (Å²) in [6.45, 7) is 3.16. The molecule has 0 aliphatic carbocycles. The zero-order valence-electron chi connectivity index (χ0n) is 14.3. The van der Waals surface area contributed by atoms with Crippen LogP contribution in [-0.2, 0) is 9.59 Å². The molecule has 0 saturated heterocycles. The Labute approximate surface area is 145 Å². The van der Waals surface area contributed by atoms with Crippen molar-refractivity contribution in [3.05, 3.63) is 35.4 Å². The van der Waals surface area contributed by atoms with Gasteiger partial charge in [-0.05, 0) is 31.0 Å². The van der Waals surface area contributed by atoms with Crippen molar-refractivity contribution in [1.29, 1.82) is 0 Å². The predicted molar refractivity (Wildman–Crippen MR) is 87.5 cm³/mol. The fraction of sp³-hybridized carbons (Fsp3) is 0.529. The van der Waals surface area contributed by atoms with Crippen molar-refractivity contribution in [2.45, 2.75) is 51.3 Å². The summed E-state index contributed by atoms with van der Waals surface area (Å²) in [6, 6.07) is 0.885. The molecule has 0 saturated carbocycles. The number of nitrogens with one attached hydrogen (secondary N) is 2. The van der Waals surface area contributed by atoms with Gasteiger partial charge in [-0.3, -0.25) is 9.59 Å². The minimum atomic E-state index is -1.81. The molecule has 140 valence electrons. The van der Waals surface area contributed by atoms with Gasteiger partial charge < -0.3 is 20.8 Å². The molecule has 2 amide bonds. The van der Waals surface area contributed by atoms with Gasteiger partial charge in [-0.2, -0.15) is 0 Å². The van der Waals surface area contributed by atoms with E-state index < -0.39 is 41.6 Å². The Morgan fingerprint density at radius 1 is 1.12 bits per heavy atom. The second kappa shape index (κ2) is 10.0. The van der Waals surface area contributed by atoms with Crippen molar-refractivity contribution in [1.82, 2.24) is 10.6 Å². The number of carbonyl (C=O) groups is 2. The molecule has 0 heterocycles.